The van der Waals surface area contributed by atoms with Gasteiger partial charge in [0.1, 0.15) is 5.69 Å². The van der Waals surface area contributed by atoms with Gasteiger partial charge in [0.25, 0.3) is 5.91 Å². The van der Waals surface area contributed by atoms with Gasteiger partial charge >= 0.3 is 0 Å². The number of carbonyl (C=O) groups is 1. The Kier molecular flexibility index (Phi) is 3.82. The minimum atomic E-state index is -0.271. The van der Waals surface area contributed by atoms with Crippen LogP contribution >= 0.6 is 15.9 Å². The lowest BCUT2D eigenvalue weighted by Crippen LogP contribution is -2.53. The molecular weight excluding hydrogens is 294 g/mol. The highest BCUT2D eigenvalue weighted by atomic mass is 79.9. The van der Waals surface area contributed by atoms with Crippen molar-refractivity contribution in [3.05, 3.63) is 22.4 Å². The molecule has 1 aliphatic carbocycles. The Labute approximate surface area is 116 Å². The summed E-state index contributed by atoms with van der Waals surface area (Å²) in [5.41, 5.74) is 6.23. The normalized spacial score (nSPS) is 18.4. The fourth-order valence-corrected chi connectivity index (χ4v) is 2.75. The third-order valence-electron chi connectivity index (χ3n) is 3.74. The van der Waals surface area contributed by atoms with Gasteiger partial charge < -0.3 is 15.6 Å². The van der Waals surface area contributed by atoms with Crippen molar-refractivity contribution in [2.75, 3.05) is 6.54 Å². The van der Waals surface area contributed by atoms with Gasteiger partial charge in [-0.3, -0.25) is 4.79 Å². The summed E-state index contributed by atoms with van der Waals surface area (Å²) in [5.74, 6) is 0.488. The first-order valence-electron chi connectivity index (χ1n) is 6.38. The van der Waals surface area contributed by atoms with Gasteiger partial charge in [-0.1, -0.05) is 0 Å². The van der Waals surface area contributed by atoms with E-state index >= 15 is 0 Å². The Morgan fingerprint density at radius 2 is 2.33 bits per heavy atom. The molecule has 2 rings (SSSR count). The van der Waals surface area contributed by atoms with Crippen molar-refractivity contribution in [3.8, 4) is 0 Å². The number of nitrogens with zero attached hydrogens (tertiary/aromatic N) is 1. The molecule has 1 fully saturated rings. The summed E-state index contributed by atoms with van der Waals surface area (Å²) in [6.45, 7) is 5.32. The van der Waals surface area contributed by atoms with Gasteiger partial charge in [-0.05, 0) is 54.6 Å². The molecule has 1 saturated carbocycles. The molecule has 3 N–H and O–H groups in total. The summed E-state index contributed by atoms with van der Waals surface area (Å²) < 4.78 is 2.86. The summed E-state index contributed by atoms with van der Waals surface area (Å²) >= 11 is 3.40. The Hall–Kier alpha value is -0.810. The molecule has 0 aromatic carbocycles. The number of carbonyl (C=O) groups excluding carboxylic acids is 1. The van der Waals surface area contributed by atoms with E-state index in [1.54, 1.807) is 0 Å². The van der Waals surface area contributed by atoms with Crippen molar-refractivity contribution in [1.29, 1.82) is 0 Å². The maximum Gasteiger partial charge on any atom is 0.268 e. The molecule has 18 heavy (non-hydrogen) atoms. The molecule has 1 aromatic heterocycles. The molecule has 0 bridgehead atoms. The molecule has 1 amide bonds. The number of aromatic nitrogens is 1. The molecule has 5 heteroatoms. The summed E-state index contributed by atoms with van der Waals surface area (Å²) in [7, 11) is 0. The van der Waals surface area contributed by atoms with Crippen molar-refractivity contribution in [1.82, 2.24) is 9.88 Å². The number of hydrogen-bond acceptors (Lipinski definition) is 2. The highest BCUT2D eigenvalue weighted by Gasteiger charge is 2.41. The number of amides is 1. The van der Waals surface area contributed by atoms with Crippen LogP contribution in [0.4, 0.5) is 0 Å². The van der Waals surface area contributed by atoms with Crippen LogP contribution in [0.1, 0.15) is 37.2 Å². The van der Waals surface area contributed by atoms with Crippen LogP contribution in [0.3, 0.4) is 0 Å². The second-order valence-electron chi connectivity index (χ2n) is 5.18. The lowest BCUT2D eigenvalue weighted by molar-refractivity contribution is 0.0888. The predicted octanol–water partition coefficient (Wildman–Crippen LogP) is 2.13. The third kappa shape index (κ3) is 2.62. The highest BCUT2D eigenvalue weighted by Crippen LogP contribution is 2.39. The standard InChI is InChI=1S/C13H20BrN3O/c1-3-17-7-10(14)6-11(17)12(18)16-13(2,8-15)9-4-5-9/h6-7,9H,3-5,8,15H2,1-2H3,(H,16,18). The summed E-state index contributed by atoms with van der Waals surface area (Å²) in [5, 5.41) is 3.10. The molecule has 1 aliphatic rings. The van der Waals surface area contributed by atoms with Crippen LogP contribution in [0.15, 0.2) is 16.7 Å². The van der Waals surface area contributed by atoms with Gasteiger partial charge in [0.2, 0.25) is 0 Å². The SMILES string of the molecule is CCn1cc(Br)cc1C(=O)NC(C)(CN)C1CC1. The zero-order chi connectivity index (χ0) is 13.3. The number of nitrogens with one attached hydrogen (secondary N) is 1. The van der Waals surface area contributed by atoms with Crippen molar-refractivity contribution in [3.63, 3.8) is 0 Å². The van der Waals surface area contributed by atoms with E-state index in [4.69, 9.17) is 5.73 Å². The van der Waals surface area contributed by atoms with E-state index in [0.29, 0.717) is 18.2 Å². The smallest absolute Gasteiger partial charge is 0.268 e. The summed E-state index contributed by atoms with van der Waals surface area (Å²) in [6.07, 6.45) is 4.24. The van der Waals surface area contributed by atoms with Crippen LogP contribution in [0.2, 0.25) is 0 Å². The third-order valence-corrected chi connectivity index (χ3v) is 4.17. The summed E-state index contributed by atoms with van der Waals surface area (Å²) in [6, 6.07) is 1.85. The fourth-order valence-electron chi connectivity index (χ4n) is 2.29. The molecule has 1 heterocycles. The lowest BCUT2D eigenvalue weighted by atomic mass is 9.96. The minimum Gasteiger partial charge on any atom is -0.344 e. The first-order chi connectivity index (χ1) is 8.50. The fraction of sp³-hybridized carbons (Fsp3) is 0.615. The molecule has 0 radical (unpaired) electrons. The average molecular weight is 314 g/mol. The Balaban J connectivity index is 2.15. The topological polar surface area (TPSA) is 60.0 Å². The number of aryl methyl sites for hydroxylation is 1. The minimum absolute atomic E-state index is 0.0394. The van der Waals surface area contributed by atoms with E-state index < -0.39 is 0 Å². The maximum atomic E-state index is 12.3. The van der Waals surface area contributed by atoms with E-state index in [0.717, 1.165) is 23.9 Å². The van der Waals surface area contributed by atoms with E-state index in [1.807, 2.05) is 30.7 Å². The van der Waals surface area contributed by atoms with Gasteiger partial charge in [-0.2, -0.15) is 0 Å². The number of nitrogens with two attached hydrogens (primary N) is 1. The van der Waals surface area contributed by atoms with Crippen LogP contribution in [-0.2, 0) is 6.54 Å². The zero-order valence-corrected chi connectivity index (χ0v) is 12.5. The highest BCUT2D eigenvalue weighted by molar-refractivity contribution is 9.10. The van der Waals surface area contributed by atoms with E-state index in [2.05, 4.69) is 21.2 Å². The largest absolute Gasteiger partial charge is 0.344 e. The Morgan fingerprint density at radius 3 is 2.83 bits per heavy atom. The zero-order valence-electron chi connectivity index (χ0n) is 10.9. The van der Waals surface area contributed by atoms with Crippen LogP contribution in [-0.4, -0.2) is 22.6 Å². The summed E-state index contributed by atoms with van der Waals surface area (Å²) in [4.78, 5) is 12.3. The monoisotopic (exact) mass is 313 g/mol. The average Bonchev–Trinajstić information content (AvgIpc) is 3.12. The van der Waals surface area contributed by atoms with Crippen LogP contribution in [0.5, 0.6) is 0 Å². The second-order valence-corrected chi connectivity index (χ2v) is 6.10. The molecule has 1 unspecified atom stereocenters. The van der Waals surface area contributed by atoms with Gasteiger partial charge in [-0.15, -0.1) is 0 Å². The van der Waals surface area contributed by atoms with Gasteiger partial charge in [0.15, 0.2) is 0 Å². The van der Waals surface area contributed by atoms with E-state index in [-0.39, 0.29) is 11.4 Å². The van der Waals surface area contributed by atoms with Crippen molar-refractivity contribution in [2.45, 2.75) is 38.8 Å². The lowest BCUT2D eigenvalue weighted by Gasteiger charge is -2.29. The number of halogens is 1. The molecule has 0 spiro atoms. The molecule has 1 atom stereocenters. The Morgan fingerprint density at radius 1 is 1.67 bits per heavy atom. The maximum absolute atomic E-state index is 12.3. The number of rotatable bonds is 5. The first kappa shape index (κ1) is 13.6. The first-order valence-corrected chi connectivity index (χ1v) is 7.17. The van der Waals surface area contributed by atoms with Crippen molar-refractivity contribution in [2.24, 2.45) is 11.7 Å². The quantitative estimate of drug-likeness (QED) is 0.875. The van der Waals surface area contributed by atoms with E-state index in [1.165, 1.54) is 0 Å². The van der Waals surface area contributed by atoms with Crippen LogP contribution in [0.25, 0.3) is 0 Å². The molecule has 4 nitrogen and oxygen atoms in total. The van der Waals surface area contributed by atoms with Crippen LogP contribution < -0.4 is 11.1 Å². The van der Waals surface area contributed by atoms with Gasteiger partial charge in [-0.25, -0.2) is 0 Å². The van der Waals surface area contributed by atoms with Crippen LogP contribution in [0, 0.1) is 5.92 Å². The van der Waals surface area contributed by atoms with Crippen molar-refractivity contribution >= 4 is 21.8 Å². The van der Waals surface area contributed by atoms with Gasteiger partial charge in [0, 0.05) is 23.8 Å². The predicted molar refractivity (Wildman–Crippen MR) is 75.5 cm³/mol. The molecule has 0 aliphatic heterocycles. The van der Waals surface area contributed by atoms with Gasteiger partial charge in [0.05, 0.1) is 5.54 Å². The molecule has 0 saturated heterocycles. The molecule has 100 valence electrons. The second kappa shape index (κ2) is 5.05. The number of hydrogen-bond donors (Lipinski definition) is 2. The van der Waals surface area contributed by atoms with Crippen molar-refractivity contribution < 1.29 is 4.79 Å². The van der Waals surface area contributed by atoms with E-state index in [9.17, 15) is 4.79 Å². The molecular formula is C13H20BrN3O. The molecule has 1 aromatic rings. The Bertz CT molecular complexity index is 453.